The van der Waals surface area contributed by atoms with E-state index in [1.807, 2.05) is 13.0 Å². The summed E-state index contributed by atoms with van der Waals surface area (Å²) < 4.78 is 1.57. The fraction of sp³-hybridized carbons (Fsp3) is 0.105. The number of benzene rings is 1. The number of amides is 1. The van der Waals surface area contributed by atoms with Gasteiger partial charge in [0.25, 0.3) is 5.91 Å². The lowest BCUT2D eigenvalue weighted by molar-refractivity contribution is 0.0963. The van der Waals surface area contributed by atoms with Gasteiger partial charge in [0.2, 0.25) is 0 Å². The van der Waals surface area contributed by atoms with Gasteiger partial charge < -0.3 is 10.6 Å². The Hall–Kier alpha value is -3.52. The molecule has 3 heterocycles. The molecular weight excluding hydrogens is 378 g/mol. The van der Waals surface area contributed by atoms with Gasteiger partial charge in [0.15, 0.2) is 11.5 Å². The van der Waals surface area contributed by atoms with Crippen LogP contribution in [0.25, 0.3) is 16.9 Å². The van der Waals surface area contributed by atoms with Crippen LogP contribution in [0.2, 0.25) is 5.02 Å². The molecule has 0 radical (unpaired) electrons. The second kappa shape index (κ2) is 7.24. The molecule has 0 atom stereocenters. The molecule has 1 aromatic carbocycles. The Bertz CT molecular complexity index is 1190. The van der Waals surface area contributed by atoms with Crippen molar-refractivity contribution >= 4 is 40.0 Å². The number of hydrogen-bond acceptors (Lipinski definition) is 6. The van der Waals surface area contributed by atoms with Gasteiger partial charge in [-0.2, -0.15) is 9.78 Å². The molecule has 0 fully saturated rings. The minimum Gasteiger partial charge on any atom is -0.355 e. The minimum absolute atomic E-state index is 0.159. The summed E-state index contributed by atoms with van der Waals surface area (Å²) in [4.78, 5) is 24.9. The van der Waals surface area contributed by atoms with Crippen LogP contribution < -0.4 is 10.6 Å². The smallest absolute Gasteiger partial charge is 0.251 e. The van der Waals surface area contributed by atoms with Gasteiger partial charge in [0, 0.05) is 24.5 Å². The number of aromatic nitrogens is 5. The van der Waals surface area contributed by atoms with Crippen molar-refractivity contribution in [1.29, 1.82) is 0 Å². The van der Waals surface area contributed by atoms with Crippen LogP contribution >= 0.6 is 11.6 Å². The van der Waals surface area contributed by atoms with Gasteiger partial charge in [-0.25, -0.2) is 15.0 Å². The first-order chi connectivity index (χ1) is 13.6. The number of carbonyl (C=O) groups excluding carboxylic acids is 1. The molecule has 0 aliphatic carbocycles. The Kier molecular flexibility index (Phi) is 4.62. The summed E-state index contributed by atoms with van der Waals surface area (Å²) in [6.07, 6.45) is 4.74. The lowest BCUT2D eigenvalue weighted by Gasteiger charge is -2.11. The fourth-order valence-corrected chi connectivity index (χ4v) is 3.00. The van der Waals surface area contributed by atoms with Crippen molar-refractivity contribution in [2.45, 2.75) is 6.92 Å². The summed E-state index contributed by atoms with van der Waals surface area (Å²) in [5, 5.41) is 11.4. The Morgan fingerprint density at radius 3 is 2.82 bits per heavy atom. The molecule has 0 aliphatic rings. The maximum absolute atomic E-state index is 11.9. The first kappa shape index (κ1) is 17.9. The monoisotopic (exact) mass is 393 g/mol. The number of pyridine rings is 1. The lowest BCUT2D eigenvalue weighted by atomic mass is 10.1. The van der Waals surface area contributed by atoms with Crippen molar-refractivity contribution in [3.05, 3.63) is 65.2 Å². The van der Waals surface area contributed by atoms with E-state index in [1.165, 1.54) is 6.33 Å². The summed E-state index contributed by atoms with van der Waals surface area (Å²) >= 11 is 6.25. The zero-order valence-corrected chi connectivity index (χ0v) is 15.9. The molecule has 9 heteroatoms. The number of anilines is 2. The van der Waals surface area contributed by atoms with E-state index in [4.69, 9.17) is 11.6 Å². The quantitative estimate of drug-likeness (QED) is 0.552. The number of fused-ring (bicyclic) bond motifs is 1. The molecule has 0 saturated carbocycles. The average Bonchev–Trinajstić information content (AvgIpc) is 3.14. The van der Waals surface area contributed by atoms with Gasteiger partial charge >= 0.3 is 0 Å². The minimum atomic E-state index is -0.159. The Morgan fingerprint density at radius 2 is 2.04 bits per heavy atom. The zero-order valence-electron chi connectivity index (χ0n) is 15.1. The first-order valence-electron chi connectivity index (χ1n) is 8.48. The van der Waals surface area contributed by atoms with Gasteiger partial charge in [0.1, 0.15) is 12.1 Å². The average molecular weight is 394 g/mol. The third kappa shape index (κ3) is 3.14. The summed E-state index contributed by atoms with van der Waals surface area (Å²) in [6.45, 7) is 1.95. The molecular formula is C19H16ClN7O. The highest BCUT2D eigenvalue weighted by Crippen LogP contribution is 2.27. The van der Waals surface area contributed by atoms with Crippen molar-refractivity contribution in [2.24, 2.45) is 0 Å². The standard InChI is InChI=1S/C19H16ClN7O/c1-11-5-6-12(19(28)21-2)8-15(11)26-16-13-9-25-27(17(13)24-10-23-16)18-14(20)4-3-7-22-18/h3-10H,1-2H3,(H,21,28)(H,23,24,26). The highest BCUT2D eigenvalue weighted by Gasteiger charge is 2.15. The van der Waals surface area contributed by atoms with E-state index in [0.717, 1.165) is 11.3 Å². The predicted octanol–water partition coefficient (Wildman–Crippen LogP) is 3.28. The summed E-state index contributed by atoms with van der Waals surface area (Å²) in [7, 11) is 1.60. The molecule has 1 amide bonds. The van der Waals surface area contributed by atoms with Crippen molar-refractivity contribution in [1.82, 2.24) is 30.0 Å². The van der Waals surface area contributed by atoms with Crippen LogP contribution in [0.15, 0.2) is 49.1 Å². The molecule has 0 unspecified atom stereocenters. The third-order valence-corrected chi connectivity index (χ3v) is 4.58. The Morgan fingerprint density at radius 1 is 1.18 bits per heavy atom. The van der Waals surface area contributed by atoms with Crippen molar-refractivity contribution in [2.75, 3.05) is 12.4 Å². The number of rotatable bonds is 4. The molecule has 28 heavy (non-hydrogen) atoms. The number of hydrogen-bond donors (Lipinski definition) is 2. The molecule has 140 valence electrons. The van der Waals surface area contributed by atoms with Crippen molar-refractivity contribution < 1.29 is 4.79 Å². The summed E-state index contributed by atoms with van der Waals surface area (Å²) in [5.74, 6) is 0.899. The van der Waals surface area contributed by atoms with Crippen LogP contribution in [0.4, 0.5) is 11.5 Å². The van der Waals surface area contributed by atoms with Crippen LogP contribution in [0.3, 0.4) is 0 Å². The number of aryl methyl sites for hydroxylation is 1. The van der Waals surface area contributed by atoms with Crippen LogP contribution in [-0.4, -0.2) is 37.7 Å². The fourth-order valence-electron chi connectivity index (χ4n) is 2.80. The molecule has 4 rings (SSSR count). The second-order valence-electron chi connectivity index (χ2n) is 6.06. The van der Waals surface area contributed by atoms with E-state index in [1.54, 1.807) is 48.4 Å². The van der Waals surface area contributed by atoms with E-state index >= 15 is 0 Å². The number of halogens is 1. The van der Waals surface area contributed by atoms with Gasteiger partial charge in [0.05, 0.1) is 16.6 Å². The van der Waals surface area contributed by atoms with Gasteiger partial charge in [-0.05, 0) is 36.8 Å². The maximum atomic E-state index is 11.9. The molecule has 2 N–H and O–H groups in total. The van der Waals surface area contributed by atoms with E-state index in [2.05, 4.69) is 30.7 Å². The molecule has 0 saturated heterocycles. The largest absolute Gasteiger partial charge is 0.355 e. The maximum Gasteiger partial charge on any atom is 0.251 e. The van der Waals surface area contributed by atoms with E-state index in [0.29, 0.717) is 33.3 Å². The van der Waals surface area contributed by atoms with Crippen LogP contribution in [0, 0.1) is 6.92 Å². The van der Waals surface area contributed by atoms with E-state index < -0.39 is 0 Å². The first-order valence-corrected chi connectivity index (χ1v) is 8.85. The Balaban J connectivity index is 1.77. The number of carbonyl (C=O) groups is 1. The summed E-state index contributed by atoms with van der Waals surface area (Å²) in [5.41, 5.74) is 2.86. The second-order valence-corrected chi connectivity index (χ2v) is 6.47. The molecule has 0 aliphatic heterocycles. The van der Waals surface area contributed by atoms with Crippen LogP contribution in [0.5, 0.6) is 0 Å². The lowest BCUT2D eigenvalue weighted by Crippen LogP contribution is -2.17. The summed E-state index contributed by atoms with van der Waals surface area (Å²) in [6, 6.07) is 8.92. The van der Waals surface area contributed by atoms with Crippen molar-refractivity contribution in [3.8, 4) is 5.82 Å². The molecule has 0 bridgehead atoms. The van der Waals surface area contributed by atoms with Crippen LogP contribution in [-0.2, 0) is 0 Å². The van der Waals surface area contributed by atoms with Crippen LogP contribution in [0.1, 0.15) is 15.9 Å². The molecule has 4 aromatic rings. The van der Waals surface area contributed by atoms with Crippen molar-refractivity contribution in [3.63, 3.8) is 0 Å². The molecule has 0 spiro atoms. The normalized spacial score (nSPS) is 10.8. The molecule has 8 nitrogen and oxygen atoms in total. The van der Waals surface area contributed by atoms with E-state index in [-0.39, 0.29) is 5.91 Å². The zero-order chi connectivity index (χ0) is 19.7. The SMILES string of the molecule is CNC(=O)c1ccc(C)c(Nc2ncnc3c2cnn3-c2ncccc2Cl)c1. The predicted molar refractivity (Wildman–Crippen MR) is 107 cm³/mol. The van der Waals surface area contributed by atoms with Gasteiger partial charge in [-0.15, -0.1) is 0 Å². The highest BCUT2D eigenvalue weighted by molar-refractivity contribution is 6.32. The third-order valence-electron chi connectivity index (χ3n) is 4.29. The van der Waals surface area contributed by atoms with Gasteiger partial charge in [-0.1, -0.05) is 17.7 Å². The van der Waals surface area contributed by atoms with E-state index in [9.17, 15) is 4.79 Å². The number of nitrogens with zero attached hydrogens (tertiary/aromatic N) is 5. The Labute approximate surface area is 165 Å². The number of nitrogens with one attached hydrogen (secondary N) is 2. The highest BCUT2D eigenvalue weighted by atomic mass is 35.5. The van der Waals surface area contributed by atoms with Gasteiger partial charge in [-0.3, -0.25) is 4.79 Å². The molecule has 3 aromatic heterocycles. The topological polar surface area (TPSA) is 97.6 Å².